The van der Waals surface area contributed by atoms with Crippen molar-refractivity contribution in [3.8, 4) is 0 Å². The third-order valence-electron chi connectivity index (χ3n) is 5.56. The number of nitrogens with zero attached hydrogens (tertiary/aromatic N) is 1. The number of rotatable bonds is 6. The van der Waals surface area contributed by atoms with E-state index in [4.69, 9.17) is 0 Å². The van der Waals surface area contributed by atoms with Crippen LogP contribution in [-0.4, -0.2) is 44.4 Å². The Morgan fingerprint density at radius 3 is 2.35 bits per heavy atom. The van der Waals surface area contributed by atoms with Crippen LogP contribution in [0.5, 0.6) is 0 Å². The third-order valence-corrected chi connectivity index (χ3v) is 7.91. The number of sulfone groups is 1. The normalized spacial score (nSPS) is 20.1. The van der Waals surface area contributed by atoms with Crippen LogP contribution in [0.15, 0.2) is 29.2 Å². The smallest absolute Gasteiger partial charge is 0.303 e. The van der Waals surface area contributed by atoms with E-state index in [1.165, 1.54) is 0 Å². The first-order valence-corrected chi connectivity index (χ1v) is 10.7. The number of likely N-dealkylation sites (tertiary alicyclic amines) is 1. The van der Waals surface area contributed by atoms with Crippen LogP contribution in [0.2, 0.25) is 0 Å². The van der Waals surface area contributed by atoms with Crippen molar-refractivity contribution in [3.63, 3.8) is 0 Å². The van der Waals surface area contributed by atoms with Crippen LogP contribution in [0.3, 0.4) is 0 Å². The fourth-order valence-corrected chi connectivity index (χ4v) is 5.21. The highest BCUT2D eigenvalue weighted by molar-refractivity contribution is 7.92. The zero-order valence-electron chi connectivity index (χ0n) is 15.6. The second kappa shape index (κ2) is 8.30. The molecule has 2 rings (SSSR count). The highest BCUT2D eigenvalue weighted by Gasteiger charge is 2.41. The second-order valence-corrected chi connectivity index (χ2v) is 9.80. The van der Waals surface area contributed by atoms with Gasteiger partial charge in [-0.2, -0.15) is 13.2 Å². The van der Waals surface area contributed by atoms with Gasteiger partial charge in [-0.15, -0.1) is 0 Å². The topological polar surface area (TPSA) is 37.4 Å². The Labute approximate surface area is 154 Å². The summed E-state index contributed by atoms with van der Waals surface area (Å²) in [7, 11) is -3.41. The summed E-state index contributed by atoms with van der Waals surface area (Å²) in [5, 5.41) is -0.531. The van der Waals surface area contributed by atoms with Crippen molar-refractivity contribution in [2.45, 2.75) is 56.4 Å². The molecular formula is C19H28F3NO2S. The summed E-state index contributed by atoms with van der Waals surface area (Å²) in [6.07, 6.45) is -3.18. The maximum Gasteiger partial charge on any atom is 0.391 e. The highest BCUT2D eigenvalue weighted by Crippen LogP contribution is 2.34. The number of aryl methyl sites for hydroxylation is 1. The molecule has 3 nitrogen and oxygen atoms in total. The number of benzene rings is 1. The maximum atomic E-state index is 12.8. The molecule has 1 saturated heterocycles. The predicted molar refractivity (Wildman–Crippen MR) is 96.8 cm³/mol. The number of hydrogen-bond acceptors (Lipinski definition) is 3. The molecule has 0 amide bonds. The van der Waals surface area contributed by atoms with Gasteiger partial charge in [-0.25, -0.2) is 8.42 Å². The van der Waals surface area contributed by atoms with Crippen molar-refractivity contribution in [1.29, 1.82) is 0 Å². The van der Waals surface area contributed by atoms with E-state index < -0.39 is 27.2 Å². The van der Waals surface area contributed by atoms with Gasteiger partial charge in [0, 0.05) is 0 Å². The molecule has 1 aromatic rings. The van der Waals surface area contributed by atoms with E-state index in [0.717, 1.165) is 5.56 Å². The Morgan fingerprint density at radius 2 is 1.81 bits per heavy atom. The Hall–Kier alpha value is -1.08. The van der Waals surface area contributed by atoms with Crippen LogP contribution < -0.4 is 0 Å². The molecule has 148 valence electrons. The molecule has 0 aliphatic carbocycles. The third kappa shape index (κ3) is 5.22. The predicted octanol–water partition coefficient (Wildman–Crippen LogP) is 4.46. The quantitative estimate of drug-likeness (QED) is 0.719. The first-order chi connectivity index (χ1) is 12.0. The standard InChI is InChI=1S/C19H28F3NO2S/c1-14-5-4-6-18(13-14)26(24,25)16(3)15(2)7-10-23-11-8-17(9-12-23)19(20,21)22/h4-6,13,15-17H,7-12H2,1-3H3. The van der Waals surface area contributed by atoms with Gasteiger partial charge in [0.2, 0.25) is 0 Å². The molecule has 0 radical (unpaired) electrons. The lowest BCUT2D eigenvalue weighted by molar-refractivity contribution is -0.185. The molecule has 0 aromatic heterocycles. The molecule has 1 aliphatic heterocycles. The summed E-state index contributed by atoms with van der Waals surface area (Å²) in [6, 6.07) is 6.90. The Morgan fingerprint density at radius 1 is 1.19 bits per heavy atom. The van der Waals surface area contributed by atoms with Gasteiger partial charge in [-0.3, -0.25) is 0 Å². The van der Waals surface area contributed by atoms with Crippen LogP contribution in [-0.2, 0) is 9.84 Å². The average molecular weight is 391 g/mol. The molecule has 7 heteroatoms. The van der Waals surface area contributed by atoms with Gasteiger partial charge in [0.25, 0.3) is 0 Å². The molecule has 0 N–H and O–H groups in total. The van der Waals surface area contributed by atoms with Gasteiger partial charge < -0.3 is 4.90 Å². The van der Waals surface area contributed by atoms with E-state index in [2.05, 4.69) is 0 Å². The zero-order valence-corrected chi connectivity index (χ0v) is 16.4. The lowest BCUT2D eigenvalue weighted by atomic mass is 9.95. The van der Waals surface area contributed by atoms with Crippen LogP contribution >= 0.6 is 0 Å². The summed E-state index contributed by atoms with van der Waals surface area (Å²) in [5.74, 6) is -1.27. The molecule has 1 heterocycles. The fraction of sp³-hybridized carbons (Fsp3) is 0.684. The molecule has 26 heavy (non-hydrogen) atoms. The highest BCUT2D eigenvalue weighted by atomic mass is 32.2. The van der Waals surface area contributed by atoms with E-state index in [9.17, 15) is 21.6 Å². The van der Waals surface area contributed by atoms with Crippen molar-refractivity contribution >= 4 is 9.84 Å². The van der Waals surface area contributed by atoms with E-state index in [1.54, 1.807) is 25.1 Å². The zero-order chi connectivity index (χ0) is 19.5. The largest absolute Gasteiger partial charge is 0.391 e. The molecule has 1 aromatic carbocycles. The number of halogens is 3. The van der Waals surface area contributed by atoms with Crippen LogP contribution in [0.4, 0.5) is 13.2 Å². The summed E-state index contributed by atoms with van der Waals surface area (Å²) in [4.78, 5) is 2.35. The lowest BCUT2D eigenvalue weighted by Crippen LogP contribution is -2.40. The molecular weight excluding hydrogens is 363 g/mol. The van der Waals surface area contributed by atoms with Crippen LogP contribution in [0.1, 0.15) is 38.7 Å². The van der Waals surface area contributed by atoms with Gasteiger partial charge in [-0.1, -0.05) is 19.1 Å². The second-order valence-electron chi connectivity index (χ2n) is 7.49. The number of alkyl halides is 3. The molecule has 2 atom stereocenters. The minimum atomic E-state index is -4.10. The minimum absolute atomic E-state index is 0.0687. The lowest BCUT2D eigenvalue weighted by Gasteiger charge is -2.33. The van der Waals surface area contributed by atoms with E-state index in [0.29, 0.717) is 31.0 Å². The van der Waals surface area contributed by atoms with Crippen molar-refractivity contribution in [3.05, 3.63) is 29.8 Å². The maximum absolute atomic E-state index is 12.8. The first kappa shape index (κ1) is 21.2. The SMILES string of the molecule is Cc1cccc(S(=O)(=O)C(C)C(C)CCN2CCC(C(F)(F)F)CC2)c1. The van der Waals surface area contributed by atoms with Crippen molar-refractivity contribution in [1.82, 2.24) is 4.90 Å². The fourth-order valence-electron chi connectivity index (χ4n) is 3.42. The Bertz CT molecular complexity index is 695. The Kier molecular flexibility index (Phi) is 6.77. The van der Waals surface area contributed by atoms with E-state index in [-0.39, 0.29) is 18.8 Å². The molecule has 1 fully saturated rings. The summed E-state index contributed by atoms with van der Waals surface area (Å²) >= 11 is 0. The summed E-state index contributed by atoms with van der Waals surface area (Å²) < 4.78 is 63.8. The van der Waals surface area contributed by atoms with Crippen LogP contribution in [0.25, 0.3) is 0 Å². The minimum Gasteiger partial charge on any atom is -0.303 e. The summed E-state index contributed by atoms with van der Waals surface area (Å²) in [5.41, 5.74) is 0.901. The monoisotopic (exact) mass is 391 g/mol. The van der Waals surface area contributed by atoms with E-state index in [1.807, 2.05) is 24.8 Å². The van der Waals surface area contributed by atoms with Crippen molar-refractivity contribution in [2.75, 3.05) is 19.6 Å². The van der Waals surface area contributed by atoms with Gasteiger partial charge in [0.05, 0.1) is 16.1 Å². The van der Waals surface area contributed by atoms with Gasteiger partial charge in [-0.05, 0) is 76.4 Å². The van der Waals surface area contributed by atoms with E-state index >= 15 is 0 Å². The molecule has 0 saturated carbocycles. The summed E-state index contributed by atoms with van der Waals surface area (Å²) in [6.45, 7) is 6.97. The molecule has 0 bridgehead atoms. The van der Waals surface area contributed by atoms with Crippen molar-refractivity contribution in [2.24, 2.45) is 11.8 Å². The van der Waals surface area contributed by atoms with Gasteiger partial charge >= 0.3 is 6.18 Å². The number of hydrogen-bond donors (Lipinski definition) is 0. The molecule has 2 unspecified atom stereocenters. The van der Waals surface area contributed by atoms with Gasteiger partial charge in [0.15, 0.2) is 9.84 Å². The Balaban J connectivity index is 1.89. The average Bonchev–Trinajstić information content (AvgIpc) is 2.58. The molecule has 0 spiro atoms. The van der Waals surface area contributed by atoms with Gasteiger partial charge in [0.1, 0.15) is 0 Å². The number of piperidine rings is 1. The van der Waals surface area contributed by atoms with Crippen molar-refractivity contribution < 1.29 is 21.6 Å². The first-order valence-electron chi connectivity index (χ1n) is 9.11. The molecule has 1 aliphatic rings. The van der Waals surface area contributed by atoms with Crippen LogP contribution in [0, 0.1) is 18.8 Å².